The molecule has 2 nitrogen and oxygen atoms in total. The van der Waals surface area contributed by atoms with E-state index in [2.05, 4.69) is 31.1 Å². The van der Waals surface area contributed by atoms with E-state index in [1.54, 1.807) is 0 Å². The van der Waals surface area contributed by atoms with Crippen molar-refractivity contribution in [3.8, 4) is 0 Å². The molecule has 0 heterocycles. The summed E-state index contributed by atoms with van der Waals surface area (Å²) >= 11 is 0. The highest BCUT2D eigenvalue weighted by Gasteiger charge is 2.19. The van der Waals surface area contributed by atoms with Crippen LogP contribution in [0.1, 0.15) is 33.1 Å². The summed E-state index contributed by atoms with van der Waals surface area (Å²) in [7, 11) is 2.24. The van der Waals surface area contributed by atoms with Crippen LogP contribution < -0.4 is 5.32 Å². The van der Waals surface area contributed by atoms with Gasteiger partial charge in [-0.3, -0.25) is 0 Å². The van der Waals surface area contributed by atoms with E-state index in [1.165, 1.54) is 32.4 Å². The van der Waals surface area contributed by atoms with Gasteiger partial charge in [0, 0.05) is 19.1 Å². The molecule has 0 aliphatic heterocycles. The third-order valence-corrected chi connectivity index (χ3v) is 2.93. The fraction of sp³-hybridized carbons (Fsp3) is 1.00. The molecule has 13 heavy (non-hydrogen) atoms. The molecular formula is C11H24N2. The fourth-order valence-electron chi connectivity index (χ4n) is 2.07. The van der Waals surface area contributed by atoms with Gasteiger partial charge < -0.3 is 10.2 Å². The number of nitrogens with one attached hydrogen (secondary N) is 1. The van der Waals surface area contributed by atoms with Gasteiger partial charge in [-0.25, -0.2) is 0 Å². The van der Waals surface area contributed by atoms with E-state index in [1.807, 2.05) is 0 Å². The third-order valence-electron chi connectivity index (χ3n) is 2.93. The second-order valence-electron chi connectivity index (χ2n) is 4.48. The zero-order valence-corrected chi connectivity index (χ0v) is 9.34. The lowest BCUT2D eigenvalue weighted by Crippen LogP contribution is -2.40. The molecular weight excluding hydrogens is 160 g/mol. The highest BCUT2D eigenvalue weighted by molar-refractivity contribution is 4.74. The maximum atomic E-state index is 3.44. The summed E-state index contributed by atoms with van der Waals surface area (Å²) in [5.41, 5.74) is 0. The molecule has 1 aliphatic rings. The molecule has 0 amide bonds. The van der Waals surface area contributed by atoms with Gasteiger partial charge in [0.2, 0.25) is 0 Å². The van der Waals surface area contributed by atoms with Gasteiger partial charge in [0.25, 0.3) is 0 Å². The number of hydrogen-bond donors (Lipinski definition) is 1. The second kappa shape index (κ2) is 5.61. The molecule has 0 spiro atoms. The zero-order valence-electron chi connectivity index (χ0n) is 9.34. The van der Waals surface area contributed by atoms with E-state index in [-0.39, 0.29) is 0 Å². The minimum absolute atomic E-state index is 0.634. The van der Waals surface area contributed by atoms with E-state index in [0.717, 1.165) is 12.5 Å². The zero-order chi connectivity index (χ0) is 9.68. The van der Waals surface area contributed by atoms with Crippen LogP contribution >= 0.6 is 0 Å². The Kier molecular flexibility index (Phi) is 4.74. The van der Waals surface area contributed by atoms with Gasteiger partial charge >= 0.3 is 0 Å². The predicted octanol–water partition coefficient (Wildman–Crippen LogP) is 1.72. The smallest absolute Gasteiger partial charge is 0.0166 e. The van der Waals surface area contributed by atoms with Gasteiger partial charge in [-0.05, 0) is 39.3 Å². The first kappa shape index (κ1) is 11.0. The van der Waals surface area contributed by atoms with E-state index in [4.69, 9.17) is 0 Å². The number of likely N-dealkylation sites (N-methyl/N-ethyl adjacent to an activating group) is 2. The summed E-state index contributed by atoms with van der Waals surface area (Å²) < 4.78 is 0. The largest absolute Gasteiger partial charge is 0.313 e. The van der Waals surface area contributed by atoms with Crippen molar-refractivity contribution in [2.45, 2.75) is 39.2 Å². The lowest BCUT2D eigenvalue weighted by atomic mass is 9.85. The van der Waals surface area contributed by atoms with Crippen LogP contribution in [0, 0.1) is 5.92 Å². The Bertz CT molecular complexity index is 132. The summed E-state index contributed by atoms with van der Waals surface area (Å²) in [4.78, 5) is 2.47. The molecule has 1 saturated carbocycles. The van der Waals surface area contributed by atoms with Crippen molar-refractivity contribution in [1.29, 1.82) is 0 Å². The summed E-state index contributed by atoms with van der Waals surface area (Å²) in [6.45, 7) is 8.00. The van der Waals surface area contributed by atoms with Crippen molar-refractivity contribution < 1.29 is 0 Å². The highest BCUT2D eigenvalue weighted by atomic mass is 15.1. The van der Waals surface area contributed by atoms with Crippen molar-refractivity contribution in [1.82, 2.24) is 10.2 Å². The molecule has 1 aliphatic carbocycles. The van der Waals surface area contributed by atoms with Gasteiger partial charge in [-0.1, -0.05) is 13.3 Å². The van der Waals surface area contributed by atoms with Crippen molar-refractivity contribution >= 4 is 0 Å². The Morgan fingerprint density at radius 2 is 2.15 bits per heavy atom. The topological polar surface area (TPSA) is 15.3 Å². The first-order valence-corrected chi connectivity index (χ1v) is 5.64. The van der Waals surface area contributed by atoms with E-state index in [0.29, 0.717) is 6.04 Å². The average Bonchev–Trinajstić information content (AvgIpc) is 1.97. The normalized spacial score (nSPS) is 20.3. The van der Waals surface area contributed by atoms with Crippen molar-refractivity contribution in [2.75, 3.05) is 26.7 Å². The van der Waals surface area contributed by atoms with Crippen LogP contribution in [0.2, 0.25) is 0 Å². The Hall–Kier alpha value is -0.0800. The van der Waals surface area contributed by atoms with Gasteiger partial charge in [0.1, 0.15) is 0 Å². The van der Waals surface area contributed by atoms with Gasteiger partial charge in [-0.15, -0.1) is 0 Å². The van der Waals surface area contributed by atoms with Crippen molar-refractivity contribution in [3.63, 3.8) is 0 Å². The van der Waals surface area contributed by atoms with Crippen LogP contribution in [-0.2, 0) is 0 Å². The first-order valence-electron chi connectivity index (χ1n) is 5.64. The molecule has 1 rings (SSSR count). The van der Waals surface area contributed by atoms with Crippen molar-refractivity contribution in [3.05, 3.63) is 0 Å². The minimum atomic E-state index is 0.634. The Labute approximate surface area is 82.7 Å². The molecule has 2 heteroatoms. The number of rotatable bonds is 6. The minimum Gasteiger partial charge on any atom is -0.313 e. The van der Waals surface area contributed by atoms with E-state index >= 15 is 0 Å². The molecule has 1 atom stereocenters. The molecule has 1 N–H and O–H groups in total. The maximum Gasteiger partial charge on any atom is 0.0166 e. The Morgan fingerprint density at radius 1 is 1.46 bits per heavy atom. The van der Waals surface area contributed by atoms with Crippen molar-refractivity contribution in [2.24, 2.45) is 5.92 Å². The third kappa shape index (κ3) is 4.10. The van der Waals surface area contributed by atoms with Crippen LogP contribution in [0.25, 0.3) is 0 Å². The lowest BCUT2D eigenvalue weighted by molar-refractivity contribution is 0.194. The van der Waals surface area contributed by atoms with E-state index < -0.39 is 0 Å². The average molecular weight is 184 g/mol. The Balaban J connectivity index is 2.04. The van der Waals surface area contributed by atoms with Gasteiger partial charge in [-0.2, -0.15) is 0 Å². The fourth-order valence-corrected chi connectivity index (χ4v) is 2.07. The SMILES string of the molecule is CCNC(C)CN(C)CC1CCC1. The van der Waals surface area contributed by atoms with Gasteiger partial charge in [0.05, 0.1) is 0 Å². The molecule has 78 valence electrons. The summed E-state index contributed by atoms with van der Waals surface area (Å²) in [5, 5.41) is 3.44. The van der Waals surface area contributed by atoms with Crippen LogP contribution in [0.4, 0.5) is 0 Å². The number of nitrogens with zero attached hydrogens (tertiary/aromatic N) is 1. The molecule has 0 saturated heterocycles. The monoisotopic (exact) mass is 184 g/mol. The second-order valence-corrected chi connectivity index (χ2v) is 4.48. The first-order chi connectivity index (χ1) is 6.22. The van der Waals surface area contributed by atoms with Gasteiger partial charge in [0.15, 0.2) is 0 Å². The quantitative estimate of drug-likeness (QED) is 0.676. The summed E-state index contributed by atoms with van der Waals surface area (Å²) in [6.07, 6.45) is 4.38. The Morgan fingerprint density at radius 3 is 2.62 bits per heavy atom. The van der Waals surface area contributed by atoms with Crippen LogP contribution in [0.5, 0.6) is 0 Å². The molecule has 1 unspecified atom stereocenters. The predicted molar refractivity (Wildman–Crippen MR) is 58.0 cm³/mol. The maximum absolute atomic E-state index is 3.44. The number of hydrogen-bond acceptors (Lipinski definition) is 2. The van der Waals surface area contributed by atoms with Crippen LogP contribution in [0.3, 0.4) is 0 Å². The standard InChI is InChI=1S/C11H24N2/c1-4-12-10(2)8-13(3)9-11-6-5-7-11/h10-12H,4-9H2,1-3H3. The molecule has 0 aromatic rings. The summed E-state index contributed by atoms with van der Waals surface area (Å²) in [5.74, 6) is 0.999. The molecule has 1 fully saturated rings. The van der Waals surface area contributed by atoms with Crippen LogP contribution in [-0.4, -0.2) is 37.6 Å². The molecule has 0 bridgehead atoms. The molecule has 0 aromatic carbocycles. The molecule has 0 radical (unpaired) electrons. The van der Waals surface area contributed by atoms with E-state index in [9.17, 15) is 0 Å². The summed E-state index contributed by atoms with van der Waals surface area (Å²) in [6, 6.07) is 0.634. The highest BCUT2D eigenvalue weighted by Crippen LogP contribution is 2.26. The molecule has 0 aromatic heterocycles. The lowest BCUT2D eigenvalue weighted by Gasteiger charge is -2.31. The van der Waals surface area contributed by atoms with Crippen LogP contribution in [0.15, 0.2) is 0 Å².